The SMILES string of the molecule is CC1CC(=O)N(C(=O)O)c2ccccc2N1. The third kappa shape index (κ3) is 1.71. The minimum absolute atomic E-state index is 0.0713. The van der Waals surface area contributed by atoms with Crippen LogP contribution in [0.15, 0.2) is 24.3 Å². The molecule has 0 bridgehead atoms. The summed E-state index contributed by atoms with van der Waals surface area (Å²) in [6.45, 7) is 1.85. The summed E-state index contributed by atoms with van der Waals surface area (Å²) in [5, 5.41) is 12.2. The molecule has 0 fully saturated rings. The molecule has 1 heterocycles. The van der Waals surface area contributed by atoms with Gasteiger partial charge in [-0.3, -0.25) is 4.79 Å². The first kappa shape index (κ1) is 10.5. The number of para-hydroxylation sites is 2. The van der Waals surface area contributed by atoms with Crippen LogP contribution in [0, 0.1) is 0 Å². The summed E-state index contributed by atoms with van der Waals surface area (Å²) < 4.78 is 0. The lowest BCUT2D eigenvalue weighted by Crippen LogP contribution is -2.36. The molecular formula is C11H12N2O3. The van der Waals surface area contributed by atoms with Crippen molar-refractivity contribution in [1.82, 2.24) is 0 Å². The van der Waals surface area contributed by atoms with Gasteiger partial charge in [-0.05, 0) is 19.1 Å². The molecule has 0 saturated heterocycles. The van der Waals surface area contributed by atoms with Gasteiger partial charge < -0.3 is 10.4 Å². The minimum atomic E-state index is -1.24. The van der Waals surface area contributed by atoms with E-state index in [4.69, 9.17) is 5.11 Å². The monoisotopic (exact) mass is 220 g/mol. The van der Waals surface area contributed by atoms with E-state index >= 15 is 0 Å². The fraction of sp³-hybridized carbons (Fsp3) is 0.273. The molecule has 5 nitrogen and oxygen atoms in total. The van der Waals surface area contributed by atoms with E-state index in [-0.39, 0.29) is 12.5 Å². The van der Waals surface area contributed by atoms with Crippen LogP contribution in [0.5, 0.6) is 0 Å². The first-order chi connectivity index (χ1) is 7.59. The summed E-state index contributed by atoms with van der Waals surface area (Å²) in [5.41, 5.74) is 1.06. The van der Waals surface area contributed by atoms with E-state index in [0.29, 0.717) is 11.4 Å². The molecule has 1 aromatic carbocycles. The molecule has 84 valence electrons. The van der Waals surface area contributed by atoms with Gasteiger partial charge in [-0.15, -0.1) is 0 Å². The lowest BCUT2D eigenvalue weighted by atomic mass is 10.2. The van der Waals surface area contributed by atoms with Gasteiger partial charge in [0.15, 0.2) is 0 Å². The number of nitrogens with one attached hydrogen (secondary N) is 1. The molecule has 2 amide bonds. The van der Waals surface area contributed by atoms with Gasteiger partial charge in [0, 0.05) is 12.5 Å². The Morgan fingerprint density at radius 1 is 1.50 bits per heavy atom. The van der Waals surface area contributed by atoms with E-state index < -0.39 is 12.0 Å². The molecule has 16 heavy (non-hydrogen) atoms. The Morgan fingerprint density at radius 2 is 2.19 bits per heavy atom. The summed E-state index contributed by atoms with van der Waals surface area (Å²) in [6.07, 6.45) is -1.07. The second-order valence-corrected chi connectivity index (χ2v) is 3.78. The van der Waals surface area contributed by atoms with Crippen molar-refractivity contribution in [2.24, 2.45) is 0 Å². The fourth-order valence-electron chi connectivity index (χ4n) is 1.80. The summed E-state index contributed by atoms with van der Waals surface area (Å²) >= 11 is 0. The van der Waals surface area contributed by atoms with Gasteiger partial charge >= 0.3 is 6.09 Å². The molecule has 1 atom stereocenters. The number of imide groups is 1. The van der Waals surface area contributed by atoms with Gasteiger partial charge in [-0.25, -0.2) is 9.69 Å². The van der Waals surface area contributed by atoms with Crippen molar-refractivity contribution in [2.45, 2.75) is 19.4 Å². The first-order valence-electron chi connectivity index (χ1n) is 5.01. The number of benzene rings is 1. The lowest BCUT2D eigenvalue weighted by molar-refractivity contribution is -0.118. The predicted molar refractivity (Wildman–Crippen MR) is 59.7 cm³/mol. The Hall–Kier alpha value is -2.04. The fourth-order valence-corrected chi connectivity index (χ4v) is 1.80. The van der Waals surface area contributed by atoms with E-state index in [0.717, 1.165) is 4.90 Å². The number of fused-ring (bicyclic) bond motifs is 1. The zero-order valence-electron chi connectivity index (χ0n) is 8.80. The molecule has 1 aliphatic rings. The highest BCUT2D eigenvalue weighted by atomic mass is 16.4. The number of carbonyl (C=O) groups excluding carboxylic acids is 1. The molecule has 0 saturated carbocycles. The number of hydrogen-bond donors (Lipinski definition) is 2. The van der Waals surface area contributed by atoms with E-state index in [1.165, 1.54) is 0 Å². The van der Waals surface area contributed by atoms with Crippen molar-refractivity contribution in [3.05, 3.63) is 24.3 Å². The van der Waals surface area contributed by atoms with Crippen LogP contribution < -0.4 is 10.2 Å². The Kier molecular flexibility index (Phi) is 2.52. The number of amides is 2. The smallest absolute Gasteiger partial charge is 0.418 e. The van der Waals surface area contributed by atoms with Crippen LogP contribution in [-0.2, 0) is 4.79 Å². The van der Waals surface area contributed by atoms with Gasteiger partial charge in [0.1, 0.15) is 0 Å². The molecule has 0 spiro atoms. The maximum absolute atomic E-state index is 11.7. The van der Waals surface area contributed by atoms with Crippen molar-refractivity contribution < 1.29 is 14.7 Å². The van der Waals surface area contributed by atoms with E-state index in [1.807, 2.05) is 6.92 Å². The number of nitrogens with zero attached hydrogens (tertiary/aromatic N) is 1. The van der Waals surface area contributed by atoms with Gasteiger partial charge in [-0.2, -0.15) is 0 Å². The number of hydrogen-bond acceptors (Lipinski definition) is 3. The molecule has 0 radical (unpaired) electrons. The molecule has 5 heteroatoms. The quantitative estimate of drug-likeness (QED) is 0.700. The van der Waals surface area contributed by atoms with E-state index in [9.17, 15) is 9.59 Å². The van der Waals surface area contributed by atoms with Gasteiger partial charge in [0.2, 0.25) is 5.91 Å². The Labute approximate surface area is 92.7 Å². The third-order valence-electron chi connectivity index (χ3n) is 2.47. The van der Waals surface area contributed by atoms with Gasteiger partial charge in [0.05, 0.1) is 11.4 Å². The second-order valence-electron chi connectivity index (χ2n) is 3.78. The zero-order valence-corrected chi connectivity index (χ0v) is 8.80. The molecule has 2 N–H and O–H groups in total. The minimum Gasteiger partial charge on any atom is -0.464 e. The van der Waals surface area contributed by atoms with E-state index in [2.05, 4.69) is 5.32 Å². The van der Waals surface area contributed by atoms with Crippen LogP contribution in [0.4, 0.5) is 16.2 Å². The van der Waals surface area contributed by atoms with Crippen molar-refractivity contribution >= 4 is 23.4 Å². The second kappa shape index (κ2) is 3.84. The van der Waals surface area contributed by atoms with Gasteiger partial charge in [-0.1, -0.05) is 12.1 Å². The Bertz CT molecular complexity index is 445. The van der Waals surface area contributed by atoms with Crippen LogP contribution in [0.1, 0.15) is 13.3 Å². The highest BCUT2D eigenvalue weighted by Crippen LogP contribution is 2.30. The maximum Gasteiger partial charge on any atom is 0.418 e. The normalized spacial score (nSPS) is 19.7. The highest BCUT2D eigenvalue weighted by molar-refractivity contribution is 6.14. The largest absolute Gasteiger partial charge is 0.464 e. The van der Waals surface area contributed by atoms with Crippen molar-refractivity contribution in [2.75, 3.05) is 10.2 Å². The first-order valence-corrected chi connectivity index (χ1v) is 5.01. The topological polar surface area (TPSA) is 69.6 Å². The summed E-state index contributed by atoms with van der Waals surface area (Å²) in [7, 11) is 0. The lowest BCUT2D eigenvalue weighted by Gasteiger charge is -2.16. The average Bonchev–Trinajstić information content (AvgIpc) is 2.31. The highest BCUT2D eigenvalue weighted by Gasteiger charge is 2.29. The van der Waals surface area contributed by atoms with Crippen LogP contribution in [0.25, 0.3) is 0 Å². The van der Waals surface area contributed by atoms with E-state index in [1.54, 1.807) is 24.3 Å². The molecular weight excluding hydrogens is 208 g/mol. The summed E-state index contributed by atoms with van der Waals surface area (Å²) in [5.74, 6) is -0.405. The number of carboxylic acid groups (broad SMARTS) is 1. The summed E-state index contributed by atoms with van der Waals surface area (Å²) in [4.78, 5) is 23.6. The van der Waals surface area contributed by atoms with Crippen LogP contribution in [0.2, 0.25) is 0 Å². The molecule has 1 aliphatic heterocycles. The Morgan fingerprint density at radius 3 is 2.88 bits per heavy atom. The molecule has 2 rings (SSSR count). The maximum atomic E-state index is 11.7. The average molecular weight is 220 g/mol. The molecule has 0 aliphatic carbocycles. The van der Waals surface area contributed by atoms with Crippen molar-refractivity contribution in [1.29, 1.82) is 0 Å². The summed E-state index contributed by atoms with van der Waals surface area (Å²) in [6, 6.07) is 6.82. The van der Waals surface area contributed by atoms with Crippen LogP contribution in [-0.4, -0.2) is 23.1 Å². The van der Waals surface area contributed by atoms with Crippen molar-refractivity contribution in [3.8, 4) is 0 Å². The van der Waals surface area contributed by atoms with Gasteiger partial charge in [0.25, 0.3) is 0 Å². The number of anilines is 2. The number of carbonyl (C=O) groups is 2. The standard InChI is InChI=1S/C11H12N2O3/c1-7-6-10(14)13(11(15)16)9-5-3-2-4-8(9)12-7/h2-5,7,12H,6H2,1H3,(H,15,16). The molecule has 1 aromatic rings. The zero-order chi connectivity index (χ0) is 11.7. The van der Waals surface area contributed by atoms with Crippen LogP contribution in [0.3, 0.4) is 0 Å². The molecule has 1 unspecified atom stereocenters. The number of rotatable bonds is 0. The third-order valence-corrected chi connectivity index (χ3v) is 2.47. The Balaban J connectivity index is 2.53. The predicted octanol–water partition coefficient (Wildman–Crippen LogP) is 1.90. The van der Waals surface area contributed by atoms with Crippen molar-refractivity contribution in [3.63, 3.8) is 0 Å². The molecule has 0 aromatic heterocycles. The van der Waals surface area contributed by atoms with Crippen LogP contribution >= 0.6 is 0 Å².